The van der Waals surface area contributed by atoms with Crippen LogP contribution in [0.2, 0.25) is 5.02 Å². The molecule has 1 aromatic carbocycles. The molecule has 0 fully saturated rings. The van der Waals surface area contributed by atoms with Gasteiger partial charge in [-0.2, -0.15) is 0 Å². The van der Waals surface area contributed by atoms with E-state index in [2.05, 4.69) is 11.6 Å². The number of carbonyl (C=O) groups excluding carboxylic acids is 1. The molecule has 1 heterocycles. The van der Waals surface area contributed by atoms with Gasteiger partial charge in [-0.1, -0.05) is 24.6 Å². The molecule has 0 spiro atoms. The van der Waals surface area contributed by atoms with Gasteiger partial charge in [0.25, 0.3) is 0 Å². The van der Waals surface area contributed by atoms with Gasteiger partial charge >= 0.3 is 5.97 Å². The summed E-state index contributed by atoms with van der Waals surface area (Å²) in [5.74, 6) is 0.258. The number of ether oxygens (including phenoxy) is 3. The molecule has 1 aromatic heterocycles. The highest BCUT2D eigenvalue weighted by atomic mass is 35.5. The lowest BCUT2D eigenvalue weighted by molar-refractivity contribution is -0.176. The molecule has 0 N–H and O–H groups in total. The molecular weight excluding hydrogens is 380 g/mol. The van der Waals surface area contributed by atoms with Gasteiger partial charge in [-0.25, -0.2) is 4.98 Å². The lowest BCUT2D eigenvalue weighted by atomic mass is 9.80. The summed E-state index contributed by atoms with van der Waals surface area (Å²) in [4.78, 5) is 17.0. The smallest absolute Gasteiger partial charge is 0.314 e. The van der Waals surface area contributed by atoms with Gasteiger partial charge in [0.15, 0.2) is 0 Å². The third kappa shape index (κ3) is 5.14. The Morgan fingerprint density at radius 2 is 2.07 bits per heavy atom. The number of rotatable bonds is 11. The van der Waals surface area contributed by atoms with Gasteiger partial charge in [-0.05, 0) is 44.5 Å². The summed E-state index contributed by atoms with van der Waals surface area (Å²) in [6.45, 7) is 9.80. The monoisotopic (exact) mass is 406 g/mol. The summed E-state index contributed by atoms with van der Waals surface area (Å²) in [6.07, 6.45) is 5.89. The highest BCUT2D eigenvalue weighted by molar-refractivity contribution is 6.30. The van der Waals surface area contributed by atoms with Gasteiger partial charge in [0.05, 0.1) is 25.0 Å². The third-order valence-electron chi connectivity index (χ3n) is 4.65. The van der Waals surface area contributed by atoms with E-state index in [0.29, 0.717) is 17.2 Å². The maximum absolute atomic E-state index is 12.8. The fourth-order valence-corrected chi connectivity index (χ4v) is 2.99. The predicted molar refractivity (Wildman–Crippen MR) is 108 cm³/mol. The van der Waals surface area contributed by atoms with Crippen LogP contribution in [-0.2, 0) is 14.3 Å². The molecular formula is C21H27ClN2O4. The Hall–Kier alpha value is -2.31. The van der Waals surface area contributed by atoms with Crippen LogP contribution in [0.4, 0.5) is 0 Å². The van der Waals surface area contributed by atoms with Gasteiger partial charge in [0.2, 0.25) is 6.23 Å². The first-order valence-corrected chi connectivity index (χ1v) is 9.63. The first kappa shape index (κ1) is 22.0. The van der Waals surface area contributed by atoms with Gasteiger partial charge in [0, 0.05) is 17.4 Å². The van der Waals surface area contributed by atoms with Crippen molar-refractivity contribution in [2.75, 3.05) is 13.2 Å². The summed E-state index contributed by atoms with van der Waals surface area (Å²) in [5.41, 5.74) is -0.944. The lowest BCUT2D eigenvalue weighted by Crippen LogP contribution is -2.48. The highest BCUT2D eigenvalue weighted by Gasteiger charge is 2.48. The minimum atomic E-state index is -0.944. The molecule has 0 bridgehead atoms. The molecule has 3 unspecified atom stereocenters. The van der Waals surface area contributed by atoms with E-state index in [1.807, 2.05) is 13.8 Å². The van der Waals surface area contributed by atoms with Crippen molar-refractivity contribution in [3.05, 3.63) is 60.7 Å². The van der Waals surface area contributed by atoms with Crippen molar-refractivity contribution in [2.24, 2.45) is 5.41 Å². The van der Waals surface area contributed by atoms with Crippen LogP contribution < -0.4 is 4.74 Å². The molecule has 6 nitrogen and oxygen atoms in total. The Morgan fingerprint density at radius 1 is 1.36 bits per heavy atom. The van der Waals surface area contributed by atoms with Crippen LogP contribution in [0.15, 0.2) is 55.6 Å². The number of halogens is 1. The minimum absolute atomic E-state index is 0.259. The van der Waals surface area contributed by atoms with Crippen molar-refractivity contribution < 1.29 is 19.0 Å². The van der Waals surface area contributed by atoms with Crippen LogP contribution in [0, 0.1) is 5.41 Å². The topological polar surface area (TPSA) is 62.6 Å². The van der Waals surface area contributed by atoms with Crippen LogP contribution in [0.25, 0.3) is 0 Å². The molecule has 0 saturated carbocycles. The van der Waals surface area contributed by atoms with Gasteiger partial charge in [-0.15, -0.1) is 6.58 Å². The Kier molecular flexibility index (Phi) is 8.08. The lowest BCUT2D eigenvalue weighted by Gasteiger charge is -2.39. The highest BCUT2D eigenvalue weighted by Crippen LogP contribution is 2.38. The fourth-order valence-electron chi connectivity index (χ4n) is 2.86. The maximum Gasteiger partial charge on any atom is 0.314 e. The normalized spacial score (nSPS) is 15.3. The Morgan fingerprint density at radius 3 is 2.61 bits per heavy atom. The van der Waals surface area contributed by atoms with Crippen LogP contribution in [0.1, 0.15) is 33.4 Å². The summed E-state index contributed by atoms with van der Waals surface area (Å²) in [6, 6.07) is 7.02. The molecule has 0 amide bonds. The second-order valence-corrected chi connectivity index (χ2v) is 6.94. The average molecular weight is 407 g/mol. The Bertz CT molecular complexity index is 748. The van der Waals surface area contributed by atoms with Crippen LogP contribution in [0.5, 0.6) is 5.75 Å². The predicted octanol–water partition coefficient (Wildman–Crippen LogP) is 4.66. The first-order chi connectivity index (χ1) is 13.5. The quantitative estimate of drug-likeness (QED) is 0.401. The molecule has 0 aliphatic carbocycles. The Balaban J connectivity index is 2.46. The molecule has 0 saturated heterocycles. The van der Waals surface area contributed by atoms with E-state index in [1.54, 1.807) is 60.6 Å². The van der Waals surface area contributed by atoms with E-state index in [-0.39, 0.29) is 19.2 Å². The first-order valence-electron chi connectivity index (χ1n) is 9.25. The average Bonchev–Trinajstić information content (AvgIpc) is 3.23. The number of carbonyl (C=O) groups is 1. The molecule has 2 aromatic rings. The van der Waals surface area contributed by atoms with Gasteiger partial charge in [0.1, 0.15) is 11.9 Å². The summed E-state index contributed by atoms with van der Waals surface area (Å²) < 4.78 is 19.4. The molecule has 152 valence electrons. The largest absolute Gasteiger partial charge is 0.467 e. The molecule has 0 radical (unpaired) electrons. The summed E-state index contributed by atoms with van der Waals surface area (Å²) in [7, 11) is 0. The van der Waals surface area contributed by atoms with Crippen molar-refractivity contribution in [3.63, 3.8) is 0 Å². The third-order valence-corrected chi connectivity index (χ3v) is 4.90. The van der Waals surface area contributed by atoms with Crippen molar-refractivity contribution in [2.45, 2.75) is 39.5 Å². The van der Waals surface area contributed by atoms with Gasteiger partial charge in [-0.3, -0.25) is 9.36 Å². The number of imidazole rings is 1. The number of aromatic nitrogens is 2. The summed E-state index contributed by atoms with van der Waals surface area (Å²) in [5, 5.41) is 0.607. The van der Waals surface area contributed by atoms with Crippen molar-refractivity contribution in [1.82, 2.24) is 9.55 Å². The summed E-state index contributed by atoms with van der Waals surface area (Å²) >= 11 is 5.98. The maximum atomic E-state index is 12.8. The number of hydrogen-bond acceptors (Lipinski definition) is 5. The SMILES string of the molecule is C=CCOC(C(Oc1ccc(Cl)cc1)n1ccnc1)C(C)(CC)C(=O)OCC. The van der Waals surface area contributed by atoms with Crippen molar-refractivity contribution >= 4 is 17.6 Å². The number of nitrogens with zero attached hydrogens (tertiary/aromatic N) is 2. The van der Waals surface area contributed by atoms with Crippen LogP contribution in [-0.4, -0.2) is 34.8 Å². The molecule has 0 aliphatic heterocycles. The molecule has 2 rings (SSSR count). The number of esters is 1. The van der Waals surface area contributed by atoms with E-state index in [4.69, 9.17) is 25.8 Å². The molecule has 3 atom stereocenters. The van der Waals surface area contributed by atoms with Crippen LogP contribution >= 0.6 is 11.6 Å². The minimum Gasteiger partial charge on any atom is -0.467 e. The Labute approximate surface area is 171 Å². The van der Waals surface area contributed by atoms with Gasteiger partial charge < -0.3 is 14.2 Å². The fraction of sp³-hybridized carbons (Fsp3) is 0.429. The van der Waals surface area contributed by atoms with E-state index >= 15 is 0 Å². The second kappa shape index (κ2) is 10.3. The zero-order chi connectivity index (χ0) is 20.6. The molecule has 0 aliphatic rings. The second-order valence-electron chi connectivity index (χ2n) is 6.51. The van der Waals surface area contributed by atoms with E-state index < -0.39 is 17.7 Å². The number of benzene rings is 1. The van der Waals surface area contributed by atoms with E-state index in [1.165, 1.54) is 0 Å². The molecule has 7 heteroatoms. The number of hydrogen-bond donors (Lipinski definition) is 0. The van der Waals surface area contributed by atoms with Crippen molar-refractivity contribution in [3.8, 4) is 5.75 Å². The zero-order valence-corrected chi connectivity index (χ0v) is 17.3. The van der Waals surface area contributed by atoms with Crippen LogP contribution in [0.3, 0.4) is 0 Å². The van der Waals surface area contributed by atoms with Crippen molar-refractivity contribution in [1.29, 1.82) is 0 Å². The van der Waals surface area contributed by atoms with E-state index in [9.17, 15) is 4.79 Å². The molecule has 28 heavy (non-hydrogen) atoms. The standard InChI is InChI=1S/C21H27ClN2O4/c1-5-14-27-18(21(4,6-2)20(25)26-7-3)19(24-13-12-23-15-24)28-17-10-8-16(22)9-11-17/h5,8-13,15,18-19H,1,6-7,14H2,2-4H3. The van der Waals surface area contributed by atoms with E-state index in [0.717, 1.165) is 0 Å². The zero-order valence-electron chi connectivity index (χ0n) is 16.5.